The van der Waals surface area contributed by atoms with Crippen LogP contribution in [0.1, 0.15) is 0 Å². The van der Waals surface area contributed by atoms with Crippen molar-refractivity contribution in [1.29, 1.82) is 0 Å². The Morgan fingerprint density at radius 2 is 1.15 bits per heavy atom. The van der Waals surface area contributed by atoms with E-state index in [1.807, 2.05) is 79.1 Å². The molecule has 12 heteroatoms. The van der Waals surface area contributed by atoms with Gasteiger partial charge in [0.05, 0.1) is 0 Å². The molecule has 1 aliphatic heterocycles. The average Bonchev–Trinajstić information content (AvgIpc) is 3.93. The smallest absolute Gasteiger partial charge is 0.423 e. The Morgan fingerprint density at radius 1 is 0.593 bits per heavy atom. The number of benzene rings is 6. The van der Waals surface area contributed by atoms with E-state index < -0.39 is 7.12 Å². The molecule has 0 unspecified atom stereocenters. The zero-order valence-corrected chi connectivity index (χ0v) is 32.1. The monoisotopic (exact) mass is 834 g/mol. The molecule has 54 heavy (non-hydrogen) atoms. The zero-order valence-electron chi connectivity index (χ0n) is 28.9. The largest absolute Gasteiger partial charge is 0.489 e. The van der Waals surface area contributed by atoms with Crippen LogP contribution in [0, 0.1) is 0 Å². The van der Waals surface area contributed by atoms with Crippen molar-refractivity contribution in [3.05, 3.63) is 179 Å². The second-order valence-electron chi connectivity index (χ2n) is 12.3. The van der Waals surface area contributed by atoms with E-state index >= 15 is 0 Å². The lowest BCUT2D eigenvalue weighted by atomic mass is 9.63. The van der Waals surface area contributed by atoms with E-state index in [1.54, 1.807) is 24.5 Å². The van der Waals surface area contributed by atoms with E-state index in [1.165, 1.54) is 16.6 Å². The van der Waals surface area contributed by atoms with E-state index in [0.29, 0.717) is 5.46 Å². The number of hydrogen-bond donors (Lipinski definition) is 5. The number of rotatable bonds is 5. The lowest BCUT2D eigenvalue weighted by molar-refractivity contribution is 0.426. The normalized spacial score (nSPS) is 11.1. The summed E-state index contributed by atoms with van der Waals surface area (Å²) in [6.45, 7) is -0.00861. The number of nitrogens with two attached hydrogens (primary N) is 1. The van der Waals surface area contributed by atoms with Crippen molar-refractivity contribution in [2.24, 2.45) is 0 Å². The number of aromatic nitrogens is 4. The maximum absolute atomic E-state index is 9.30. The van der Waals surface area contributed by atoms with Gasteiger partial charge in [0.25, 0.3) is 0 Å². The van der Waals surface area contributed by atoms with Gasteiger partial charge in [-0.3, -0.25) is 0 Å². The summed E-state index contributed by atoms with van der Waals surface area (Å²) in [7, 11) is -1.46. The fourth-order valence-electron chi connectivity index (χ4n) is 6.41. The summed E-state index contributed by atoms with van der Waals surface area (Å²) >= 11 is 7.15. The third kappa shape index (κ3) is 7.97. The molecule has 2 aromatic heterocycles. The van der Waals surface area contributed by atoms with Crippen LogP contribution in [0.25, 0.3) is 45.0 Å². The van der Waals surface area contributed by atoms with Crippen LogP contribution in [-0.4, -0.2) is 43.6 Å². The van der Waals surface area contributed by atoms with E-state index in [2.05, 4.69) is 123 Å². The van der Waals surface area contributed by atoms with Gasteiger partial charge in [-0.25, -0.2) is 9.97 Å². The number of anilines is 2. The lowest BCUT2D eigenvalue weighted by Gasteiger charge is -2.28. The number of nitrogens with zero attached hydrogens (tertiary/aromatic N) is 3. The van der Waals surface area contributed by atoms with E-state index in [-0.39, 0.29) is 6.98 Å². The molecule has 0 fully saturated rings. The topological polar surface area (TPSA) is 125 Å². The number of fused-ring (bicyclic) bond motifs is 3. The van der Waals surface area contributed by atoms with Gasteiger partial charge in [0.1, 0.15) is 11.6 Å². The molecule has 0 aliphatic carbocycles. The van der Waals surface area contributed by atoms with Gasteiger partial charge in [-0.15, -0.1) is 0 Å². The Hall–Kier alpha value is -5.65. The summed E-state index contributed by atoms with van der Waals surface area (Å²) < 4.78 is 4.23. The minimum Gasteiger partial charge on any atom is -0.423 e. The first-order valence-corrected chi connectivity index (χ1v) is 18.8. The Morgan fingerprint density at radius 3 is 1.80 bits per heavy atom. The van der Waals surface area contributed by atoms with E-state index in [9.17, 15) is 10.0 Å². The maximum Gasteiger partial charge on any atom is 0.489 e. The van der Waals surface area contributed by atoms with Crippen molar-refractivity contribution in [3.8, 4) is 45.0 Å². The van der Waals surface area contributed by atoms with Crippen LogP contribution in [0.3, 0.4) is 0 Å². The van der Waals surface area contributed by atoms with Crippen LogP contribution in [0.2, 0.25) is 0 Å². The molecule has 9 rings (SSSR count). The second kappa shape index (κ2) is 17.0. The van der Waals surface area contributed by atoms with Gasteiger partial charge < -0.3 is 30.5 Å². The van der Waals surface area contributed by atoms with Crippen LogP contribution in [0.5, 0.6) is 0 Å². The SMILES string of the molecule is Brc1ccccc1-c1ccccc1B1Nc2ccccc2-c2nccn21.Nc1ccccc1-c1ncc[nH]1.OB(O)c1ccccc1-c1ccccc1Br. The first-order chi connectivity index (χ1) is 26.4. The quantitative estimate of drug-likeness (QED) is 0.0882. The average molecular weight is 836 g/mol. The molecule has 8 aromatic rings. The Bertz CT molecular complexity index is 2490. The van der Waals surface area contributed by atoms with Crippen molar-refractivity contribution in [2.75, 3.05) is 11.0 Å². The summed E-state index contributed by atoms with van der Waals surface area (Å²) in [6, 6.07) is 47.8. The highest BCUT2D eigenvalue weighted by molar-refractivity contribution is 9.11. The molecule has 1 aliphatic rings. The summed E-state index contributed by atoms with van der Waals surface area (Å²) in [5.41, 5.74) is 15.6. The Labute approximate surface area is 331 Å². The molecule has 0 amide bonds. The lowest BCUT2D eigenvalue weighted by Crippen LogP contribution is -2.48. The molecule has 0 bridgehead atoms. The molecule has 0 saturated carbocycles. The number of nitrogens with one attached hydrogen (secondary N) is 2. The Kier molecular flexibility index (Phi) is 11.6. The van der Waals surface area contributed by atoms with Gasteiger partial charge in [-0.2, -0.15) is 0 Å². The molecule has 0 spiro atoms. The predicted octanol–water partition coefficient (Wildman–Crippen LogP) is 8.10. The van der Waals surface area contributed by atoms with Gasteiger partial charge in [0.2, 0.25) is 0 Å². The molecule has 0 atom stereocenters. The molecular weight excluding hydrogens is 802 g/mol. The number of hydrogen-bond acceptors (Lipinski definition) is 6. The maximum atomic E-state index is 9.30. The van der Waals surface area contributed by atoms with Gasteiger partial charge in [-0.05, 0) is 69.6 Å². The first kappa shape index (κ1) is 36.7. The number of aromatic amines is 1. The summed E-state index contributed by atoms with van der Waals surface area (Å²) in [4.78, 5) is 11.7. The van der Waals surface area contributed by atoms with Gasteiger partial charge in [0.15, 0.2) is 0 Å². The van der Waals surface area contributed by atoms with Crippen LogP contribution in [0.15, 0.2) is 179 Å². The van der Waals surface area contributed by atoms with E-state index in [0.717, 1.165) is 54.2 Å². The Balaban J connectivity index is 0.000000137. The minimum atomic E-state index is -1.46. The second-order valence-corrected chi connectivity index (χ2v) is 14.0. The molecule has 0 radical (unpaired) electrons. The highest BCUT2D eigenvalue weighted by Crippen LogP contribution is 2.33. The number of halogens is 2. The highest BCUT2D eigenvalue weighted by Gasteiger charge is 2.32. The summed E-state index contributed by atoms with van der Waals surface area (Å²) in [5, 5.41) is 22.3. The van der Waals surface area contributed by atoms with E-state index in [4.69, 9.17) is 5.73 Å². The van der Waals surface area contributed by atoms with Gasteiger partial charge in [-0.1, -0.05) is 141 Å². The van der Waals surface area contributed by atoms with Crippen LogP contribution >= 0.6 is 31.9 Å². The standard InChI is InChI=1S/C21H15BBrN3.C12H10BBrO2.C9H9N3/c23-19-11-5-2-8-16(19)15-7-1-4-10-18(15)22-25-20-12-6-3-9-17(20)21-24-13-14-26(21)22;14-12-8-4-2-6-10(12)9-5-1-3-7-11(9)13(15)16;10-8-4-2-1-3-7(8)9-11-5-6-12-9/h1-14,25H;1-8,15-16H;1-6H,10H2,(H,11,12). The molecule has 0 saturated heterocycles. The van der Waals surface area contributed by atoms with Crippen molar-refractivity contribution in [1.82, 2.24) is 19.4 Å². The summed E-state index contributed by atoms with van der Waals surface area (Å²) in [5.74, 6) is 1.80. The predicted molar refractivity (Wildman–Crippen MR) is 229 cm³/mol. The molecule has 6 N–H and O–H groups in total. The van der Waals surface area contributed by atoms with Crippen LogP contribution in [-0.2, 0) is 0 Å². The number of imidazole rings is 2. The fraction of sp³-hybridized carbons (Fsp3) is 0. The third-order valence-electron chi connectivity index (χ3n) is 8.94. The van der Waals surface area contributed by atoms with Gasteiger partial charge >= 0.3 is 14.1 Å². The van der Waals surface area contributed by atoms with Crippen LogP contribution in [0.4, 0.5) is 11.4 Å². The first-order valence-electron chi connectivity index (χ1n) is 17.2. The zero-order chi connectivity index (χ0) is 37.4. The molecular formula is C42H34B2Br2N6O2. The van der Waals surface area contributed by atoms with Gasteiger partial charge in [0, 0.05) is 56.2 Å². The van der Waals surface area contributed by atoms with Crippen molar-refractivity contribution in [3.63, 3.8) is 0 Å². The van der Waals surface area contributed by atoms with Crippen molar-refractivity contribution >= 4 is 68.3 Å². The molecule has 8 nitrogen and oxygen atoms in total. The highest BCUT2D eigenvalue weighted by atomic mass is 79.9. The minimum absolute atomic E-state index is 0.00861. The molecule has 264 valence electrons. The summed E-state index contributed by atoms with van der Waals surface area (Å²) in [6.07, 6.45) is 7.40. The van der Waals surface area contributed by atoms with Crippen molar-refractivity contribution < 1.29 is 10.0 Å². The molecule has 3 heterocycles. The van der Waals surface area contributed by atoms with Crippen molar-refractivity contribution in [2.45, 2.75) is 0 Å². The molecule has 6 aromatic carbocycles. The number of nitrogen functional groups attached to an aromatic ring is 1. The number of H-pyrrole nitrogens is 1. The third-order valence-corrected chi connectivity index (χ3v) is 10.3. The van der Waals surface area contributed by atoms with Crippen LogP contribution < -0.4 is 21.9 Å². The number of para-hydroxylation sites is 2. The fourth-order valence-corrected chi connectivity index (χ4v) is 7.41.